The zero-order valence-corrected chi connectivity index (χ0v) is 17.4. The van der Waals surface area contributed by atoms with Crippen LogP contribution < -0.4 is 19.7 Å². The third kappa shape index (κ3) is 6.34. The molecule has 1 saturated heterocycles. The van der Waals surface area contributed by atoms with E-state index < -0.39 is 0 Å². The van der Waals surface area contributed by atoms with E-state index in [2.05, 4.69) is 20.2 Å². The molecule has 3 rings (SSSR count). The number of carbonyl (C=O) groups excluding carboxylic acids is 1. The molecule has 156 valence electrons. The summed E-state index contributed by atoms with van der Waals surface area (Å²) in [5, 5.41) is 3.03. The minimum atomic E-state index is 0.106. The predicted molar refractivity (Wildman–Crippen MR) is 112 cm³/mol. The van der Waals surface area contributed by atoms with Gasteiger partial charge in [-0.2, -0.15) is 4.98 Å². The summed E-state index contributed by atoms with van der Waals surface area (Å²) in [6.45, 7) is 6.32. The van der Waals surface area contributed by atoms with Crippen LogP contribution in [0.1, 0.15) is 38.7 Å². The van der Waals surface area contributed by atoms with E-state index in [9.17, 15) is 4.79 Å². The number of carbonyl (C=O) groups is 1. The molecule has 1 N–H and O–H groups in total. The van der Waals surface area contributed by atoms with Gasteiger partial charge in [-0.3, -0.25) is 4.79 Å². The van der Waals surface area contributed by atoms with Gasteiger partial charge in [0.25, 0.3) is 0 Å². The largest absolute Gasteiger partial charge is 0.491 e. The molecule has 1 aliphatic heterocycles. The number of piperidine rings is 1. The minimum Gasteiger partial charge on any atom is -0.491 e. The number of hydrogen-bond acceptors (Lipinski definition) is 6. The molecule has 2 heterocycles. The second kappa shape index (κ2) is 10.1. The zero-order valence-electron chi connectivity index (χ0n) is 17.4. The number of ether oxygens (including phenoxy) is 2. The topological polar surface area (TPSA) is 76.6 Å². The summed E-state index contributed by atoms with van der Waals surface area (Å²) < 4.78 is 10.7. The Kier molecular flexibility index (Phi) is 7.27. The number of benzene rings is 1. The summed E-state index contributed by atoms with van der Waals surface area (Å²) in [7, 11) is 1.57. The van der Waals surface area contributed by atoms with E-state index >= 15 is 0 Å². The third-order valence-electron chi connectivity index (χ3n) is 5.00. The Balaban J connectivity index is 1.40. The van der Waals surface area contributed by atoms with Crippen molar-refractivity contribution in [1.82, 2.24) is 15.3 Å². The number of aromatic nitrogens is 2. The molecule has 0 bridgehead atoms. The van der Waals surface area contributed by atoms with Crippen LogP contribution in [0.3, 0.4) is 0 Å². The van der Waals surface area contributed by atoms with Crippen LogP contribution in [0.4, 0.5) is 5.82 Å². The lowest BCUT2D eigenvalue weighted by molar-refractivity contribution is -0.122. The first-order valence-electron chi connectivity index (χ1n) is 10.2. The highest BCUT2D eigenvalue weighted by Crippen LogP contribution is 2.24. The van der Waals surface area contributed by atoms with Crippen molar-refractivity contribution in [3.05, 3.63) is 42.1 Å². The molecule has 1 fully saturated rings. The van der Waals surface area contributed by atoms with Crippen molar-refractivity contribution < 1.29 is 14.3 Å². The van der Waals surface area contributed by atoms with Crippen molar-refractivity contribution in [3.63, 3.8) is 0 Å². The first kappa shape index (κ1) is 20.9. The molecule has 2 aromatic rings. The Morgan fingerprint density at radius 2 is 1.93 bits per heavy atom. The highest BCUT2D eigenvalue weighted by Gasteiger charge is 2.22. The maximum Gasteiger partial charge on any atom is 0.318 e. The average Bonchev–Trinajstić information content (AvgIpc) is 2.73. The van der Waals surface area contributed by atoms with Crippen LogP contribution in [0.2, 0.25) is 0 Å². The molecule has 0 spiro atoms. The van der Waals surface area contributed by atoms with Crippen LogP contribution in [0.15, 0.2) is 36.5 Å². The molecular weight excluding hydrogens is 368 g/mol. The molecule has 1 amide bonds. The predicted octanol–water partition coefficient (Wildman–Crippen LogP) is 3.20. The highest BCUT2D eigenvalue weighted by atomic mass is 16.5. The Morgan fingerprint density at radius 1 is 1.21 bits per heavy atom. The van der Waals surface area contributed by atoms with Crippen LogP contribution in [-0.2, 0) is 11.3 Å². The minimum absolute atomic E-state index is 0.106. The van der Waals surface area contributed by atoms with Crippen molar-refractivity contribution in [2.45, 2.75) is 45.8 Å². The van der Waals surface area contributed by atoms with Crippen LogP contribution in [0.25, 0.3) is 0 Å². The average molecular weight is 399 g/mol. The van der Waals surface area contributed by atoms with E-state index in [0.29, 0.717) is 24.9 Å². The molecule has 0 aliphatic carbocycles. The van der Waals surface area contributed by atoms with E-state index in [1.807, 2.05) is 44.2 Å². The molecule has 0 unspecified atom stereocenters. The number of anilines is 1. The fraction of sp³-hybridized carbons (Fsp3) is 0.500. The lowest BCUT2D eigenvalue weighted by atomic mass is 9.93. The maximum absolute atomic E-state index is 12.3. The second-order valence-corrected chi connectivity index (χ2v) is 7.62. The Hall–Kier alpha value is -2.83. The van der Waals surface area contributed by atoms with E-state index in [1.54, 1.807) is 13.3 Å². The second-order valence-electron chi connectivity index (χ2n) is 7.62. The van der Waals surface area contributed by atoms with Gasteiger partial charge in [-0.1, -0.05) is 12.1 Å². The summed E-state index contributed by atoms with van der Waals surface area (Å²) in [5.41, 5.74) is 1.07. The van der Waals surface area contributed by atoms with Gasteiger partial charge in [-0.15, -0.1) is 0 Å². The smallest absolute Gasteiger partial charge is 0.318 e. The Morgan fingerprint density at radius 3 is 2.59 bits per heavy atom. The first-order valence-corrected chi connectivity index (χ1v) is 10.2. The van der Waals surface area contributed by atoms with Gasteiger partial charge in [0.1, 0.15) is 11.6 Å². The maximum atomic E-state index is 12.3. The van der Waals surface area contributed by atoms with Crippen molar-refractivity contribution in [1.29, 1.82) is 0 Å². The normalized spacial score (nSPS) is 14.7. The van der Waals surface area contributed by atoms with Gasteiger partial charge in [-0.05, 0) is 56.4 Å². The van der Waals surface area contributed by atoms with E-state index in [0.717, 1.165) is 43.1 Å². The molecule has 29 heavy (non-hydrogen) atoms. The van der Waals surface area contributed by atoms with Crippen molar-refractivity contribution >= 4 is 11.7 Å². The molecule has 7 heteroatoms. The lowest BCUT2D eigenvalue weighted by Gasteiger charge is -2.32. The van der Waals surface area contributed by atoms with Gasteiger partial charge < -0.3 is 19.7 Å². The quantitative estimate of drug-likeness (QED) is 0.736. The first-order chi connectivity index (χ1) is 14.0. The third-order valence-corrected chi connectivity index (χ3v) is 5.00. The van der Waals surface area contributed by atoms with Gasteiger partial charge >= 0.3 is 6.01 Å². The Labute approximate surface area is 172 Å². The zero-order chi connectivity index (χ0) is 20.6. The van der Waals surface area contributed by atoms with Crippen LogP contribution in [-0.4, -0.2) is 42.2 Å². The van der Waals surface area contributed by atoms with E-state index in [1.165, 1.54) is 0 Å². The van der Waals surface area contributed by atoms with Gasteiger partial charge in [0.2, 0.25) is 5.91 Å². The number of rotatable bonds is 8. The Bertz CT molecular complexity index is 787. The molecule has 7 nitrogen and oxygen atoms in total. The highest BCUT2D eigenvalue weighted by molar-refractivity contribution is 5.76. The fourth-order valence-corrected chi connectivity index (χ4v) is 3.47. The SMILES string of the molecule is COc1nccc(N2CCC(CC(=O)NCc3ccc(OC(C)C)cc3)CC2)n1. The number of nitrogens with one attached hydrogen (secondary N) is 1. The number of amides is 1. The number of nitrogens with zero attached hydrogens (tertiary/aromatic N) is 3. The standard InChI is InChI=1S/C22H30N4O3/c1-16(2)29-19-6-4-18(5-7-19)15-24-21(27)14-17-9-12-26(13-10-17)20-8-11-23-22(25-20)28-3/h4-8,11,16-17H,9-10,12-15H2,1-3H3,(H,24,27). The number of methoxy groups -OCH3 is 1. The summed E-state index contributed by atoms with van der Waals surface area (Å²) in [5.74, 6) is 2.24. The summed E-state index contributed by atoms with van der Waals surface area (Å²) in [4.78, 5) is 23.0. The molecule has 0 radical (unpaired) electrons. The van der Waals surface area contributed by atoms with Gasteiger partial charge in [0.05, 0.1) is 13.2 Å². The molecule has 1 aromatic heterocycles. The summed E-state index contributed by atoms with van der Waals surface area (Å²) >= 11 is 0. The van der Waals surface area contributed by atoms with Crippen LogP contribution in [0, 0.1) is 5.92 Å². The van der Waals surface area contributed by atoms with Crippen molar-refractivity contribution in [3.8, 4) is 11.8 Å². The van der Waals surface area contributed by atoms with Crippen molar-refractivity contribution in [2.24, 2.45) is 5.92 Å². The number of hydrogen-bond donors (Lipinski definition) is 1. The van der Waals surface area contributed by atoms with E-state index in [4.69, 9.17) is 9.47 Å². The summed E-state index contributed by atoms with van der Waals surface area (Å²) in [6.07, 6.45) is 4.38. The van der Waals surface area contributed by atoms with E-state index in [-0.39, 0.29) is 12.0 Å². The van der Waals surface area contributed by atoms with Crippen molar-refractivity contribution in [2.75, 3.05) is 25.1 Å². The molecule has 1 aromatic carbocycles. The summed E-state index contributed by atoms with van der Waals surface area (Å²) in [6, 6.07) is 10.2. The fourth-order valence-electron chi connectivity index (χ4n) is 3.47. The van der Waals surface area contributed by atoms with Gasteiger partial charge in [0, 0.05) is 32.3 Å². The molecule has 0 atom stereocenters. The monoisotopic (exact) mass is 398 g/mol. The lowest BCUT2D eigenvalue weighted by Crippen LogP contribution is -2.36. The van der Waals surface area contributed by atoms with Gasteiger partial charge in [-0.25, -0.2) is 4.98 Å². The van der Waals surface area contributed by atoms with Crippen LogP contribution >= 0.6 is 0 Å². The molecular formula is C22H30N4O3. The molecule has 0 saturated carbocycles. The molecule has 1 aliphatic rings. The van der Waals surface area contributed by atoms with Crippen LogP contribution in [0.5, 0.6) is 11.8 Å². The van der Waals surface area contributed by atoms with Gasteiger partial charge in [0.15, 0.2) is 0 Å².